The van der Waals surface area contributed by atoms with Crippen LogP contribution in [0.15, 0.2) is 66.9 Å². The Hall–Kier alpha value is -2.39. The lowest BCUT2D eigenvalue weighted by atomic mass is 9.93. The van der Waals surface area contributed by atoms with Crippen LogP contribution in [0.3, 0.4) is 0 Å². The van der Waals surface area contributed by atoms with E-state index in [0.717, 1.165) is 43.4 Å². The third-order valence-corrected chi connectivity index (χ3v) is 5.41. The Bertz CT molecular complexity index is 826. The molecule has 26 heavy (non-hydrogen) atoms. The molecular weight excluding hydrogens is 320 g/mol. The summed E-state index contributed by atoms with van der Waals surface area (Å²) in [5.41, 5.74) is 4.81. The highest BCUT2D eigenvalue weighted by Gasteiger charge is 2.26. The van der Waals surface area contributed by atoms with Crippen molar-refractivity contribution in [3.63, 3.8) is 0 Å². The molecule has 1 heterocycles. The van der Waals surface area contributed by atoms with Crippen LogP contribution >= 0.6 is 0 Å². The average molecular weight is 346 g/mol. The molecule has 1 saturated carbocycles. The van der Waals surface area contributed by atoms with Crippen LogP contribution in [0.2, 0.25) is 0 Å². The number of nitrogens with zero attached hydrogens (tertiary/aromatic N) is 2. The quantitative estimate of drug-likeness (QED) is 0.720. The van der Waals surface area contributed by atoms with Crippen molar-refractivity contribution < 1.29 is 5.11 Å². The molecule has 1 aromatic heterocycles. The van der Waals surface area contributed by atoms with Crippen molar-refractivity contribution in [3.8, 4) is 11.3 Å². The Morgan fingerprint density at radius 3 is 2.31 bits per heavy atom. The summed E-state index contributed by atoms with van der Waals surface area (Å²) in [6.07, 6.45) is 8.02. The zero-order valence-corrected chi connectivity index (χ0v) is 15.1. The minimum absolute atomic E-state index is 0.108. The van der Waals surface area contributed by atoms with Crippen LogP contribution in [0, 0.1) is 0 Å². The fourth-order valence-corrected chi connectivity index (χ4v) is 3.95. The topological polar surface area (TPSA) is 38.0 Å². The van der Waals surface area contributed by atoms with Gasteiger partial charge in [-0.15, -0.1) is 0 Å². The van der Waals surface area contributed by atoms with Crippen molar-refractivity contribution in [1.82, 2.24) is 9.78 Å². The predicted octanol–water partition coefficient (Wildman–Crippen LogP) is 4.81. The monoisotopic (exact) mass is 346 g/mol. The van der Waals surface area contributed by atoms with Gasteiger partial charge in [-0.25, -0.2) is 0 Å². The molecule has 1 aliphatic carbocycles. The van der Waals surface area contributed by atoms with Gasteiger partial charge >= 0.3 is 0 Å². The molecule has 1 N–H and O–H groups in total. The van der Waals surface area contributed by atoms with Crippen LogP contribution in [0.5, 0.6) is 0 Å². The highest BCUT2D eigenvalue weighted by Crippen LogP contribution is 2.31. The lowest BCUT2D eigenvalue weighted by molar-refractivity contribution is 0.0695. The smallest absolute Gasteiger partial charge is 0.0955 e. The fraction of sp³-hybridized carbons (Fsp3) is 0.348. The van der Waals surface area contributed by atoms with Crippen LogP contribution in [0.4, 0.5) is 0 Å². The van der Waals surface area contributed by atoms with Crippen LogP contribution in [-0.4, -0.2) is 21.0 Å². The van der Waals surface area contributed by atoms with Crippen LogP contribution in [0.1, 0.15) is 42.9 Å². The minimum Gasteiger partial charge on any atom is -0.391 e. The largest absolute Gasteiger partial charge is 0.391 e. The molecule has 0 spiro atoms. The molecule has 0 saturated heterocycles. The Morgan fingerprint density at radius 2 is 1.58 bits per heavy atom. The van der Waals surface area contributed by atoms with E-state index in [1.165, 1.54) is 17.5 Å². The normalized spacial score (nSPS) is 20.2. The van der Waals surface area contributed by atoms with Crippen LogP contribution < -0.4 is 0 Å². The van der Waals surface area contributed by atoms with E-state index < -0.39 is 0 Å². The lowest BCUT2D eigenvalue weighted by Crippen LogP contribution is -2.27. The SMILES string of the molecule is O[C@H]1CCCC[C@H]1n1cc(CCc2ccccc2)c(-c2ccccc2)n1. The van der Waals surface area contributed by atoms with E-state index in [1.54, 1.807) is 0 Å². The number of rotatable bonds is 5. The highest BCUT2D eigenvalue weighted by atomic mass is 16.3. The van der Waals surface area contributed by atoms with E-state index in [9.17, 15) is 5.11 Å². The van der Waals surface area contributed by atoms with Gasteiger partial charge in [0.2, 0.25) is 0 Å². The first-order chi connectivity index (χ1) is 12.8. The molecule has 1 aliphatic rings. The van der Waals surface area contributed by atoms with Crippen molar-refractivity contribution in [2.75, 3.05) is 0 Å². The molecule has 0 unspecified atom stereocenters. The predicted molar refractivity (Wildman–Crippen MR) is 105 cm³/mol. The second kappa shape index (κ2) is 7.88. The van der Waals surface area contributed by atoms with Gasteiger partial charge in [0.1, 0.15) is 0 Å². The van der Waals surface area contributed by atoms with Gasteiger partial charge < -0.3 is 5.11 Å². The average Bonchev–Trinajstić information content (AvgIpc) is 3.12. The first-order valence-electron chi connectivity index (χ1n) is 9.67. The summed E-state index contributed by atoms with van der Waals surface area (Å²) < 4.78 is 2.03. The zero-order valence-electron chi connectivity index (χ0n) is 15.1. The number of aryl methyl sites for hydroxylation is 2. The van der Waals surface area contributed by atoms with Gasteiger partial charge in [-0.2, -0.15) is 5.10 Å². The summed E-state index contributed by atoms with van der Waals surface area (Å²) in [7, 11) is 0. The van der Waals surface area contributed by atoms with E-state index in [-0.39, 0.29) is 12.1 Å². The molecule has 1 fully saturated rings. The molecule has 0 radical (unpaired) electrons. The van der Waals surface area contributed by atoms with Crippen molar-refractivity contribution >= 4 is 0 Å². The fourth-order valence-electron chi connectivity index (χ4n) is 3.95. The van der Waals surface area contributed by atoms with Gasteiger partial charge in [0.05, 0.1) is 17.8 Å². The maximum atomic E-state index is 10.4. The third kappa shape index (κ3) is 3.73. The highest BCUT2D eigenvalue weighted by molar-refractivity contribution is 5.62. The molecule has 3 aromatic rings. The number of hydrogen-bond acceptors (Lipinski definition) is 2. The molecular formula is C23H26N2O. The summed E-state index contributed by atoms with van der Waals surface area (Å²) in [6.45, 7) is 0. The van der Waals surface area contributed by atoms with E-state index >= 15 is 0 Å². The van der Waals surface area contributed by atoms with E-state index in [2.05, 4.69) is 60.8 Å². The van der Waals surface area contributed by atoms with Crippen molar-refractivity contribution in [2.24, 2.45) is 0 Å². The van der Waals surface area contributed by atoms with Crippen molar-refractivity contribution in [2.45, 2.75) is 50.7 Å². The number of aliphatic hydroxyl groups excluding tert-OH is 1. The Balaban J connectivity index is 1.64. The lowest BCUT2D eigenvalue weighted by Gasteiger charge is -2.27. The van der Waals surface area contributed by atoms with E-state index in [0.29, 0.717) is 0 Å². The van der Waals surface area contributed by atoms with Gasteiger partial charge in [0.25, 0.3) is 0 Å². The molecule has 3 heteroatoms. The van der Waals surface area contributed by atoms with Crippen LogP contribution in [-0.2, 0) is 12.8 Å². The van der Waals surface area contributed by atoms with E-state index in [4.69, 9.17) is 5.10 Å². The summed E-state index contributed by atoms with van der Waals surface area (Å²) >= 11 is 0. The molecule has 0 amide bonds. The molecule has 2 aromatic carbocycles. The minimum atomic E-state index is -0.283. The standard InChI is InChI=1S/C23H26N2O/c26-22-14-8-7-13-21(22)25-17-20(16-15-18-9-3-1-4-10-18)23(24-25)19-11-5-2-6-12-19/h1-6,9-12,17,21-22,26H,7-8,13-16H2/t21-,22+/m1/s1. The molecule has 0 bridgehead atoms. The second-order valence-electron chi connectivity index (χ2n) is 7.25. The van der Waals surface area contributed by atoms with E-state index in [1.807, 2.05) is 10.7 Å². The first kappa shape index (κ1) is 17.0. The second-order valence-corrected chi connectivity index (χ2v) is 7.25. The summed E-state index contributed by atoms with van der Waals surface area (Å²) in [6, 6.07) is 21.1. The third-order valence-electron chi connectivity index (χ3n) is 5.41. The molecule has 0 aliphatic heterocycles. The number of aliphatic hydroxyl groups is 1. The van der Waals surface area contributed by atoms with Crippen LogP contribution in [0.25, 0.3) is 11.3 Å². The molecule has 2 atom stereocenters. The van der Waals surface area contributed by atoms with Crippen molar-refractivity contribution in [3.05, 3.63) is 78.0 Å². The number of aromatic nitrogens is 2. The molecule has 4 rings (SSSR count). The van der Waals surface area contributed by atoms with Gasteiger partial charge in [0, 0.05) is 11.8 Å². The summed E-state index contributed by atoms with van der Waals surface area (Å²) in [4.78, 5) is 0. The van der Waals surface area contributed by atoms with Crippen molar-refractivity contribution in [1.29, 1.82) is 0 Å². The van der Waals surface area contributed by atoms with Gasteiger partial charge in [-0.05, 0) is 36.8 Å². The first-order valence-corrected chi connectivity index (χ1v) is 9.67. The summed E-state index contributed by atoms with van der Waals surface area (Å²) in [5, 5.41) is 15.4. The molecule has 3 nitrogen and oxygen atoms in total. The maximum Gasteiger partial charge on any atom is 0.0955 e. The zero-order chi connectivity index (χ0) is 17.8. The maximum absolute atomic E-state index is 10.4. The Morgan fingerprint density at radius 1 is 0.885 bits per heavy atom. The number of benzene rings is 2. The van der Waals surface area contributed by atoms with Gasteiger partial charge in [-0.3, -0.25) is 4.68 Å². The Labute approximate surface area is 155 Å². The molecule has 134 valence electrons. The van der Waals surface area contributed by atoms with Gasteiger partial charge in [-0.1, -0.05) is 73.5 Å². The van der Waals surface area contributed by atoms with Gasteiger partial charge in [0.15, 0.2) is 0 Å². The number of hydrogen-bond donors (Lipinski definition) is 1. The Kier molecular flexibility index (Phi) is 5.16. The summed E-state index contributed by atoms with van der Waals surface area (Å²) in [5.74, 6) is 0.